The first-order valence-corrected chi connectivity index (χ1v) is 6.78. The largest absolute Gasteiger partial charge is 0.487 e. The Labute approximate surface area is 125 Å². The van der Waals surface area contributed by atoms with Crippen LogP contribution in [0.1, 0.15) is 6.92 Å². The van der Waals surface area contributed by atoms with E-state index in [2.05, 4.69) is 4.98 Å². The monoisotopic (exact) mass is 302 g/mol. The summed E-state index contributed by atoms with van der Waals surface area (Å²) < 4.78 is 5.33. The number of para-hydroxylation sites is 1. The molecule has 3 aromatic rings. The number of fused-ring (bicyclic) bond motifs is 2. The summed E-state index contributed by atoms with van der Waals surface area (Å²) in [7, 11) is 0. The van der Waals surface area contributed by atoms with E-state index in [1.165, 1.54) is 0 Å². The zero-order chi connectivity index (χ0) is 15.0. The topological polar surface area (TPSA) is 65.3 Å². The maximum Gasteiger partial charge on any atom is 0.330 e. The van der Waals surface area contributed by atoms with Gasteiger partial charge in [0.15, 0.2) is 0 Å². The predicted octanol–water partition coefficient (Wildman–Crippen LogP) is 4.35. The van der Waals surface area contributed by atoms with Crippen molar-refractivity contribution in [2.75, 3.05) is 6.61 Å². The maximum atomic E-state index is 11.2. The molecule has 0 N–H and O–H groups in total. The molecule has 2 aromatic carbocycles. The van der Waals surface area contributed by atoms with Crippen molar-refractivity contribution < 1.29 is 9.66 Å². The number of nitro benzene ring substituents is 1. The molecule has 1 aromatic heterocycles. The predicted molar refractivity (Wildman–Crippen MR) is 82.1 cm³/mol. The smallest absolute Gasteiger partial charge is 0.330 e. The summed E-state index contributed by atoms with van der Waals surface area (Å²) >= 11 is 6.22. The average Bonchev–Trinajstić information content (AvgIpc) is 2.45. The molecule has 0 amide bonds. The Morgan fingerprint density at radius 3 is 2.76 bits per heavy atom. The standard InChI is InChI=1S/C15H11ClN2O3/c1-2-21-13-8-12-10(14(16)15(13)18(19)20)7-9-5-3-4-6-11(9)17-12/h3-8H,2H2,1H3. The lowest BCUT2D eigenvalue weighted by atomic mass is 10.1. The molecule has 5 nitrogen and oxygen atoms in total. The Balaban J connectivity index is 2.41. The van der Waals surface area contributed by atoms with Crippen molar-refractivity contribution in [2.24, 2.45) is 0 Å². The Morgan fingerprint density at radius 1 is 1.29 bits per heavy atom. The zero-order valence-corrected chi connectivity index (χ0v) is 11.9. The quantitative estimate of drug-likeness (QED) is 0.410. The Morgan fingerprint density at radius 2 is 2.05 bits per heavy atom. The van der Waals surface area contributed by atoms with Gasteiger partial charge in [0.05, 0.1) is 22.6 Å². The maximum absolute atomic E-state index is 11.2. The van der Waals surface area contributed by atoms with Gasteiger partial charge in [0.25, 0.3) is 0 Å². The van der Waals surface area contributed by atoms with Crippen LogP contribution in [0.3, 0.4) is 0 Å². The summed E-state index contributed by atoms with van der Waals surface area (Å²) in [5.41, 5.74) is 1.16. The van der Waals surface area contributed by atoms with E-state index in [4.69, 9.17) is 16.3 Å². The highest BCUT2D eigenvalue weighted by Gasteiger charge is 2.24. The molecule has 0 atom stereocenters. The summed E-state index contributed by atoms with van der Waals surface area (Å²) in [6, 6.07) is 10.9. The molecule has 0 unspecified atom stereocenters. The normalized spacial score (nSPS) is 11.0. The Bertz CT molecular complexity index is 864. The lowest BCUT2D eigenvalue weighted by molar-refractivity contribution is -0.385. The second-order valence-electron chi connectivity index (χ2n) is 4.48. The zero-order valence-electron chi connectivity index (χ0n) is 11.2. The number of pyridine rings is 1. The third-order valence-corrected chi connectivity index (χ3v) is 3.56. The lowest BCUT2D eigenvalue weighted by Gasteiger charge is -2.09. The van der Waals surface area contributed by atoms with E-state index in [-0.39, 0.29) is 16.5 Å². The van der Waals surface area contributed by atoms with Crippen LogP contribution in [0.5, 0.6) is 5.75 Å². The third kappa shape index (κ3) is 2.25. The molecule has 3 rings (SSSR count). The fourth-order valence-electron chi connectivity index (χ4n) is 2.28. The van der Waals surface area contributed by atoms with Gasteiger partial charge in [0, 0.05) is 16.8 Å². The first-order chi connectivity index (χ1) is 10.1. The van der Waals surface area contributed by atoms with Gasteiger partial charge in [-0.15, -0.1) is 0 Å². The molecule has 106 valence electrons. The molecule has 1 heterocycles. The van der Waals surface area contributed by atoms with E-state index in [9.17, 15) is 10.1 Å². The molecule has 0 bridgehead atoms. The van der Waals surface area contributed by atoms with E-state index >= 15 is 0 Å². The van der Waals surface area contributed by atoms with Crippen LogP contribution in [0.2, 0.25) is 5.02 Å². The Hall–Kier alpha value is -2.40. The van der Waals surface area contributed by atoms with Gasteiger partial charge >= 0.3 is 5.69 Å². The van der Waals surface area contributed by atoms with Gasteiger partial charge in [0.1, 0.15) is 5.02 Å². The molecule has 21 heavy (non-hydrogen) atoms. The van der Waals surface area contributed by atoms with Gasteiger partial charge in [-0.3, -0.25) is 10.1 Å². The van der Waals surface area contributed by atoms with Crippen LogP contribution < -0.4 is 4.74 Å². The molecule has 0 aliphatic carbocycles. The number of ether oxygens (including phenoxy) is 1. The molecule has 0 saturated carbocycles. The van der Waals surface area contributed by atoms with Crippen LogP contribution in [0.4, 0.5) is 5.69 Å². The van der Waals surface area contributed by atoms with E-state index in [0.29, 0.717) is 17.5 Å². The summed E-state index contributed by atoms with van der Waals surface area (Å²) in [6.07, 6.45) is 0. The second kappa shape index (κ2) is 5.18. The van der Waals surface area contributed by atoms with Crippen molar-refractivity contribution in [1.29, 1.82) is 0 Å². The van der Waals surface area contributed by atoms with Crippen molar-refractivity contribution in [3.05, 3.63) is 51.5 Å². The number of nitrogens with zero attached hydrogens (tertiary/aromatic N) is 2. The number of rotatable bonds is 3. The van der Waals surface area contributed by atoms with Gasteiger partial charge in [-0.25, -0.2) is 4.98 Å². The van der Waals surface area contributed by atoms with E-state index in [0.717, 1.165) is 10.9 Å². The molecule has 0 spiro atoms. The van der Waals surface area contributed by atoms with Crippen LogP contribution in [0.25, 0.3) is 21.8 Å². The highest BCUT2D eigenvalue weighted by atomic mass is 35.5. The van der Waals surface area contributed by atoms with E-state index in [1.54, 1.807) is 13.0 Å². The molecule has 0 saturated heterocycles. The van der Waals surface area contributed by atoms with Gasteiger partial charge in [0.2, 0.25) is 5.75 Å². The second-order valence-corrected chi connectivity index (χ2v) is 4.85. The summed E-state index contributed by atoms with van der Waals surface area (Å²) in [4.78, 5) is 15.2. The van der Waals surface area contributed by atoms with Crippen LogP contribution >= 0.6 is 11.6 Å². The minimum absolute atomic E-state index is 0.0548. The van der Waals surface area contributed by atoms with Gasteiger partial charge in [-0.1, -0.05) is 29.8 Å². The van der Waals surface area contributed by atoms with Crippen molar-refractivity contribution in [3.63, 3.8) is 0 Å². The number of nitro groups is 1. The number of benzene rings is 2. The van der Waals surface area contributed by atoms with E-state index < -0.39 is 4.92 Å². The van der Waals surface area contributed by atoms with Crippen LogP contribution in [0, 0.1) is 10.1 Å². The molecule has 0 radical (unpaired) electrons. The fraction of sp³-hybridized carbons (Fsp3) is 0.133. The fourth-order valence-corrected chi connectivity index (χ4v) is 2.59. The lowest BCUT2D eigenvalue weighted by Crippen LogP contribution is -1.99. The molecule has 0 aliphatic heterocycles. The molecular formula is C15H11ClN2O3. The number of hydrogen-bond acceptors (Lipinski definition) is 4. The SMILES string of the molecule is CCOc1cc2nc3ccccc3cc2c(Cl)c1[N+](=O)[O-]. The summed E-state index contributed by atoms with van der Waals surface area (Å²) in [6.45, 7) is 2.08. The van der Waals surface area contributed by atoms with Gasteiger partial charge < -0.3 is 4.74 Å². The van der Waals surface area contributed by atoms with Crippen LogP contribution in [-0.4, -0.2) is 16.5 Å². The Kier molecular flexibility index (Phi) is 3.35. The number of hydrogen-bond donors (Lipinski definition) is 0. The summed E-state index contributed by atoms with van der Waals surface area (Å²) in [5, 5.41) is 12.7. The van der Waals surface area contributed by atoms with Gasteiger partial charge in [-0.2, -0.15) is 0 Å². The first-order valence-electron chi connectivity index (χ1n) is 6.41. The highest BCUT2D eigenvalue weighted by molar-refractivity contribution is 6.38. The van der Waals surface area contributed by atoms with Crippen molar-refractivity contribution in [1.82, 2.24) is 4.98 Å². The van der Waals surface area contributed by atoms with E-state index in [1.807, 2.05) is 30.3 Å². The van der Waals surface area contributed by atoms with Gasteiger partial charge in [-0.05, 0) is 19.1 Å². The average molecular weight is 303 g/mol. The van der Waals surface area contributed by atoms with Crippen molar-refractivity contribution in [3.8, 4) is 5.75 Å². The minimum Gasteiger partial charge on any atom is -0.487 e. The van der Waals surface area contributed by atoms with Crippen LogP contribution in [0.15, 0.2) is 36.4 Å². The van der Waals surface area contributed by atoms with Crippen LogP contribution in [-0.2, 0) is 0 Å². The van der Waals surface area contributed by atoms with Crippen molar-refractivity contribution >= 4 is 39.1 Å². The molecule has 6 heteroatoms. The number of halogens is 1. The molecule has 0 fully saturated rings. The first kappa shape index (κ1) is 13.6. The van der Waals surface area contributed by atoms with Crippen molar-refractivity contribution in [2.45, 2.75) is 6.92 Å². The summed E-state index contributed by atoms with van der Waals surface area (Å²) in [5.74, 6) is 0.141. The number of aromatic nitrogens is 1. The highest BCUT2D eigenvalue weighted by Crippen LogP contribution is 2.41. The molecular weight excluding hydrogens is 292 g/mol. The molecule has 0 aliphatic rings. The minimum atomic E-state index is -0.526. The third-order valence-electron chi connectivity index (χ3n) is 3.18.